The van der Waals surface area contributed by atoms with Gasteiger partial charge >= 0.3 is 5.76 Å². The molecule has 2 aromatic carbocycles. The standard InChI is InChI=1S/C18H17ClN2O4S/c1-3-20-15-9-13(19)17(10-16(15)25-18(20)22)26(23,24)21-11(2)8-12-6-4-5-7-14(12)21/h4-7,9-11H,3,8H2,1-2H3/t11-/m0/s1. The van der Waals surface area contributed by atoms with Crippen LogP contribution in [0.2, 0.25) is 5.02 Å². The number of rotatable bonds is 3. The van der Waals surface area contributed by atoms with Crippen LogP contribution in [0, 0.1) is 0 Å². The molecule has 4 rings (SSSR count). The van der Waals surface area contributed by atoms with Crippen molar-refractivity contribution >= 4 is 38.4 Å². The van der Waals surface area contributed by atoms with Crippen LogP contribution in [0.1, 0.15) is 19.4 Å². The minimum Gasteiger partial charge on any atom is -0.408 e. The summed E-state index contributed by atoms with van der Waals surface area (Å²) in [7, 11) is -3.90. The molecule has 2 heterocycles. The number of aryl methyl sites for hydroxylation is 1. The maximum absolute atomic E-state index is 13.3. The summed E-state index contributed by atoms with van der Waals surface area (Å²) >= 11 is 6.32. The lowest BCUT2D eigenvalue weighted by atomic mass is 10.1. The molecule has 26 heavy (non-hydrogen) atoms. The van der Waals surface area contributed by atoms with Crippen molar-refractivity contribution in [2.75, 3.05) is 4.31 Å². The number of halogens is 1. The minimum atomic E-state index is -3.90. The van der Waals surface area contributed by atoms with Gasteiger partial charge in [-0.25, -0.2) is 13.2 Å². The van der Waals surface area contributed by atoms with Crippen LogP contribution in [0.4, 0.5) is 5.69 Å². The van der Waals surface area contributed by atoms with Crippen molar-refractivity contribution in [3.8, 4) is 0 Å². The fourth-order valence-electron chi connectivity index (χ4n) is 3.57. The summed E-state index contributed by atoms with van der Waals surface area (Å²) in [5.41, 5.74) is 2.32. The van der Waals surface area contributed by atoms with Crippen molar-refractivity contribution in [1.29, 1.82) is 0 Å². The molecule has 1 aromatic heterocycles. The molecule has 0 saturated carbocycles. The van der Waals surface area contributed by atoms with Gasteiger partial charge < -0.3 is 4.42 Å². The molecule has 0 bridgehead atoms. The van der Waals surface area contributed by atoms with Gasteiger partial charge in [0.1, 0.15) is 4.90 Å². The summed E-state index contributed by atoms with van der Waals surface area (Å²) in [6, 6.07) is 10.0. The van der Waals surface area contributed by atoms with Crippen LogP contribution in [0.25, 0.3) is 11.1 Å². The highest BCUT2D eigenvalue weighted by molar-refractivity contribution is 7.93. The molecular formula is C18H17ClN2O4S. The van der Waals surface area contributed by atoms with Crippen molar-refractivity contribution < 1.29 is 12.8 Å². The van der Waals surface area contributed by atoms with Gasteiger partial charge in [-0.05, 0) is 38.0 Å². The zero-order valence-corrected chi connectivity index (χ0v) is 15.8. The van der Waals surface area contributed by atoms with Crippen LogP contribution in [-0.2, 0) is 23.0 Å². The van der Waals surface area contributed by atoms with E-state index >= 15 is 0 Å². The van der Waals surface area contributed by atoms with Crippen LogP contribution in [-0.4, -0.2) is 19.0 Å². The van der Waals surface area contributed by atoms with Gasteiger partial charge in [0.2, 0.25) is 0 Å². The Morgan fingerprint density at radius 3 is 2.73 bits per heavy atom. The second-order valence-electron chi connectivity index (χ2n) is 6.35. The molecule has 136 valence electrons. The van der Waals surface area contributed by atoms with Crippen LogP contribution in [0.5, 0.6) is 0 Å². The van der Waals surface area contributed by atoms with Crippen LogP contribution >= 0.6 is 11.6 Å². The molecule has 6 nitrogen and oxygen atoms in total. The zero-order chi connectivity index (χ0) is 18.6. The topological polar surface area (TPSA) is 72.5 Å². The number of benzene rings is 2. The first-order chi connectivity index (χ1) is 12.3. The third kappa shape index (κ3) is 2.38. The molecule has 0 aliphatic carbocycles. The van der Waals surface area contributed by atoms with Gasteiger partial charge in [0, 0.05) is 18.7 Å². The van der Waals surface area contributed by atoms with Crippen molar-refractivity contribution in [2.24, 2.45) is 0 Å². The number of oxazole rings is 1. The van der Waals surface area contributed by atoms with Gasteiger partial charge in [0.05, 0.1) is 16.2 Å². The fourth-order valence-corrected chi connectivity index (χ4v) is 5.78. The minimum absolute atomic E-state index is 0.0628. The lowest BCUT2D eigenvalue weighted by molar-refractivity contribution is 0.512. The molecule has 1 atom stereocenters. The number of anilines is 1. The molecule has 1 aliphatic heterocycles. The highest BCUT2D eigenvalue weighted by atomic mass is 35.5. The maximum Gasteiger partial charge on any atom is 0.419 e. The van der Waals surface area contributed by atoms with Gasteiger partial charge in [-0.15, -0.1) is 0 Å². The summed E-state index contributed by atoms with van der Waals surface area (Å²) in [6.07, 6.45) is 0.635. The predicted octanol–water partition coefficient (Wildman–Crippen LogP) is 3.41. The predicted molar refractivity (Wildman–Crippen MR) is 100 cm³/mol. The SMILES string of the molecule is CCn1c(=O)oc2cc(S(=O)(=O)N3c4ccccc4C[C@@H]3C)c(Cl)cc21. The van der Waals surface area contributed by atoms with Crippen LogP contribution in [0.15, 0.2) is 50.5 Å². The van der Waals surface area contributed by atoms with Crippen molar-refractivity contribution in [3.63, 3.8) is 0 Å². The summed E-state index contributed by atoms with van der Waals surface area (Å²) in [6.45, 7) is 4.07. The Morgan fingerprint density at radius 1 is 1.27 bits per heavy atom. The number of nitrogens with zero attached hydrogens (tertiary/aromatic N) is 2. The maximum atomic E-state index is 13.3. The molecule has 0 fully saturated rings. The first-order valence-corrected chi connectivity index (χ1v) is 10.1. The highest BCUT2D eigenvalue weighted by Gasteiger charge is 2.37. The molecule has 0 radical (unpaired) electrons. The molecule has 8 heteroatoms. The van der Waals surface area contributed by atoms with Crippen molar-refractivity contribution in [3.05, 3.63) is 57.5 Å². The van der Waals surface area contributed by atoms with E-state index in [9.17, 15) is 13.2 Å². The number of fused-ring (bicyclic) bond motifs is 2. The second kappa shape index (κ2) is 5.89. The number of hydrogen-bond donors (Lipinski definition) is 0. The second-order valence-corrected chi connectivity index (χ2v) is 8.54. The van der Waals surface area contributed by atoms with Crippen molar-refractivity contribution in [1.82, 2.24) is 4.57 Å². The van der Waals surface area contributed by atoms with Crippen molar-refractivity contribution in [2.45, 2.75) is 37.8 Å². The third-order valence-corrected chi connectivity index (χ3v) is 7.11. The van der Waals surface area contributed by atoms with Gasteiger partial charge in [0.25, 0.3) is 10.0 Å². The molecule has 0 amide bonds. The summed E-state index contributed by atoms with van der Waals surface area (Å²) in [5.74, 6) is -0.534. The Hall–Kier alpha value is -2.25. The van der Waals surface area contributed by atoms with E-state index in [2.05, 4.69) is 0 Å². The van der Waals surface area contributed by atoms with E-state index < -0.39 is 15.8 Å². The Balaban J connectivity index is 1.92. The van der Waals surface area contributed by atoms with Gasteiger partial charge in [-0.3, -0.25) is 8.87 Å². The Morgan fingerprint density at radius 2 is 2.00 bits per heavy atom. The summed E-state index contributed by atoms with van der Waals surface area (Å²) in [4.78, 5) is 11.8. The molecule has 0 spiro atoms. The molecule has 0 N–H and O–H groups in total. The van der Waals surface area contributed by atoms with E-state index in [1.54, 1.807) is 13.0 Å². The van der Waals surface area contributed by atoms with Gasteiger partial charge in [-0.2, -0.15) is 0 Å². The average molecular weight is 393 g/mol. The molecule has 3 aromatic rings. The number of hydrogen-bond acceptors (Lipinski definition) is 4. The van der Waals surface area contributed by atoms with E-state index in [1.165, 1.54) is 21.0 Å². The largest absolute Gasteiger partial charge is 0.419 e. The first-order valence-electron chi connectivity index (χ1n) is 8.29. The molecule has 0 unspecified atom stereocenters. The number of para-hydroxylation sites is 1. The lowest BCUT2D eigenvalue weighted by Gasteiger charge is -2.25. The van der Waals surface area contributed by atoms with Crippen LogP contribution in [0.3, 0.4) is 0 Å². The Bertz CT molecular complexity index is 1180. The van der Waals surface area contributed by atoms with Gasteiger partial charge in [-0.1, -0.05) is 29.8 Å². The normalized spacial score (nSPS) is 17.0. The molecule has 0 saturated heterocycles. The smallest absolute Gasteiger partial charge is 0.408 e. The fraction of sp³-hybridized carbons (Fsp3) is 0.278. The average Bonchev–Trinajstić information content (AvgIpc) is 3.08. The third-order valence-electron chi connectivity index (χ3n) is 4.72. The Kier molecular flexibility index (Phi) is 3.89. The van der Waals surface area contributed by atoms with Crippen LogP contribution < -0.4 is 10.1 Å². The Labute approximate surface area is 155 Å². The zero-order valence-electron chi connectivity index (χ0n) is 14.3. The van der Waals surface area contributed by atoms with Gasteiger partial charge in [0.15, 0.2) is 5.58 Å². The highest BCUT2D eigenvalue weighted by Crippen LogP contribution is 2.39. The van der Waals surface area contributed by atoms with E-state index in [0.717, 1.165) is 5.56 Å². The quantitative estimate of drug-likeness (QED) is 0.684. The number of sulfonamides is 1. The summed E-state index contributed by atoms with van der Waals surface area (Å²) < 4.78 is 34.7. The molecule has 1 aliphatic rings. The molecular weight excluding hydrogens is 376 g/mol. The van der Waals surface area contributed by atoms with E-state index in [4.69, 9.17) is 16.0 Å². The lowest BCUT2D eigenvalue weighted by Crippen LogP contribution is -2.35. The monoisotopic (exact) mass is 392 g/mol. The summed E-state index contributed by atoms with van der Waals surface area (Å²) in [5, 5.41) is 0.0667. The first kappa shape index (κ1) is 17.2. The van der Waals surface area contributed by atoms with E-state index in [1.807, 2.05) is 25.1 Å². The van der Waals surface area contributed by atoms with E-state index in [-0.39, 0.29) is 21.5 Å². The van der Waals surface area contributed by atoms with E-state index in [0.29, 0.717) is 24.2 Å². The number of aromatic nitrogens is 1.